The van der Waals surface area contributed by atoms with Crippen LogP contribution in [0, 0.1) is 13.8 Å². The number of urea groups is 1. The van der Waals surface area contributed by atoms with Gasteiger partial charge < -0.3 is 15.4 Å². The largest absolute Gasteiger partial charge is 0.466 e. The van der Waals surface area contributed by atoms with Gasteiger partial charge in [-0.2, -0.15) is 0 Å². The van der Waals surface area contributed by atoms with Gasteiger partial charge in [-0.05, 0) is 50.5 Å². The molecule has 5 nitrogen and oxygen atoms in total. The molecule has 1 rings (SSSR count). The summed E-state index contributed by atoms with van der Waals surface area (Å²) in [6.07, 6.45) is 0.870. The van der Waals surface area contributed by atoms with Gasteiger partial charge in [0.15, 0.2) is 0 Å². The summed E-state index contributed by atoms with van der Waals surface area (Å²) in [5.41, 5.74) is 2.79. The van der Waals surface area contributed by atoms with E-state index in [2.05, 4.69) is 26.6 Å². The monoisotopic (exact) mass is 356 g/mol. The first-order chi connectivity index (χ1) is 9.93. The summed E-state index contributed by atoms with van der Waals surface area (Å²) in [6.45, 7) is 6.46. The van der Waals surface area contributed by atoms with Crippen molar-refractivity contribution in [3.8, 4) is 0 Å². The van der Waals surface area contributed by atoms with Gasteiger partial charge in [-0.15, -0.1) is 0 Å². The zero-order valence-corrected chi connectivity index (χ0v) is 14.2. The Morgan fingerprint density at radius 3 is 2.43 bits per heavy atom. The van der Waals surface area contributed by atoms with Crippen LogP contribution in [-0.2, 0) is 9.53 Å². The number of carbonyl (C=O) groups is 2. The predicted octanol–water partition coefficient (Wildman–Crippen LogP) is 3.53. The third-order valence-corrected chi connectivity index (χ3v) is 3.34. The standard InChI is InChI=1S/C15H21BrN2O3/c1-4-21-13(19)6-5-7-17-15(20)18-14-10(2)8-12(16)9-11(14)3/h8-9H,4-7H2,1-3H3,(H2,17,18,20). The van der Waals surface area contributed by atoms with Crippen LogP contribution in [0.2, 0.25) is 0 Å². The van der Waals surface area contributed by atoms with Crippen molar-refractivity contribution >= 4 is 33.6 Å². The van der Waals surface area contributed by atoms with Gasteiger partial charge in [0.1, 0.15) is 0 Å². The predicted molar refractivity (Wildman–Crippen MR) is 86.5 cm³/mol. The molecular formula is C15H21BrN2O3. The van der Waals surface area contributed by atoms with Gasteiger partial charge in [0.25, 0.3) is 0 Å². The van der Waals surface area contributed by atoms with E-state index in [0.717, 1.165) is 21.3 Å². The number of amides is 2. The molecule has 0 fully saturated rings. The third-order valence-electron chi connectivity index (χ3n) is 2.88. The van der Waals surface area contributed by atoms with Crippen molar-refractivity contribution in [1.82, 2.24) is 5.32 Å². The van der Waals surface area contributed by atoms with Gasteiger partial charge in [0.2, 0.25) is 0 Å². The minimum Gasteiger partial charge on any atom is -0.466 e. The van der Waals surface area contributed by atoms with Crippen LogP contribution in [0.4, 0.5) is 10.5 Å². The number of nitrogens with one attached hydrogen (secondary N) is 2. The second-order valence-electron chi connectivity index (χ2n) is 4.70. The topological polar surface area (TPSA) is 67.4 Å². The summed E-state index contributed by atoms with van der Waals surface area (Å²) >= 11 is 3.42. The molecule has 0 bridgehead atoms. The van der Waals surface area contributed by atoms with Crippen molar-refractivity contribution in [3.63, 3.8) is 0 Å². The van der Waals surface area contributed by atoms with Crippen molar-refractivity contribution in [2.45, 2.75) is 33.6 Å². The Balaban J connectivity index is 2.39. The number of hydrogen-bond donors (Lipinski definition) is 2. The van der Waals surface area contributed by atoms with Gasteiger partial charge >= 0.3 is 12.0 Å². The van der Waals surface area contributed by atoms with E-state index >= 15 is 0 Å². The summed E-state index contributed by atoms with van der Waals surface area (Å²) in [7, 11) is 0. The number of rotatable bonds is 6. The Morgan fingerprint density at radius 2 is 1.86 bits per heavy atom. The molecule has 0 saturated carbocycles. The van der Waals surface area contributed by atoms with E-state index in [1.165, 1.54) is 0 Å². The van der Waals surface area contributed by atoms with Crippen LogP contribution in [-0.4, -0.2) is 25.2 Å². The Labute approximate surface area is 133 Å². The quantitative estimate of drug-likeness (QED) is 0.605. The SMILES string of the molecule is CCOC(=O)CCCNC(=O)Nc1c(C)cc(Br)cc1C. The first-order valence-electron chi connectivity index (χ1n) is 6.91. The van der Waals surface area contributed by atoms with Crippen molar-refractivity contribution in [3.05, 3.63) is 27.7 Å². The number of esters is 1. The summed E-state index contributed by atoms with van der Waals surface area (Å²) in [5, 5.41) is 5.56. The first-order valence-corrected chi connectivity index (χ1v) is 7.70. The summed E-state index contributed by atoms with van der Waals surface area (Å²) in [5.74, 6) is -0.237. The molecule has 21 heavy (non-hydrogen) atoms. The fraction of sp³-hybridized carbons (Fsp3) is 0.467. The zero-order valence-electron chi connectivity index (χ0n) is 12.6. The summed E-state index contributed by atoms with van der Waals surface area (Å²) in [4.78, 5) is 23.0. The number of carbonyl (C=O) groups excluding carboxylic acids is 2. The average Bonchev–Trinajstić information content (AvgIpc) is 2.39. The van der Waals surface area contributed by atoms with E-state index in [1.54, 1.807) is 6.92 Å². The number of hydrogen-bond acceptors (Lipinski definition) is 3. The number of halogens is 1. The van der Waals surface area contributed by atoms with Crippen LogP contribution in [0.1, 0.15) is 30.9 Å². The lowest BCUT2D eigenvalue weighted by Gasteiger charge is -2.13. The van der Waals surface area contributed by atoms with Crippen LogP contribution >= 0.6 is 15.9 Å². The number of benzene rings is 1. The van der Waals surface area contributed by atoms with Gasteiger partial charge in [-0.25, -0.2) is 4.79 Å². The molecule has 0 aliphatic rings. The van der Waals surface area contributed by atoms with Crippen molar-refractivity contribution in [2.24, 2.45) is 0 Å². The maximum Gasteiger partial charge on any atom is 0.319 e. The molecule has 1 aromatic carbocycles. The first kappa shape index (κ1) is 17.5. The Hall–Kier alpha value is -1.56. The highest BCUT2D eigenvalue weighted by atomic mass is 79.9. The van der Waals surface area contributed by atoms with Crippen LogP contribution in [0.3, 0.4) is 0 Å². The molecule has 0 spiro atoms. The Bertz CT molecular complexity index is 495. The molecule has 0 aromatic heterocycles. The van der Waals surface area contributed by atoms with Crippen molar-refractivity contribution < 1.29 is 14.3 Å². The minimum atomic E-state index is -0.271. The summed E-state index contributed by atoms with van der Waals surface area (Å²) in [6, 6.07) is 3.62. The zero-order chi connectivity index (χ0) is 15.8. The lowest BCUT2D eigenvalue weighted by atomic mass is 10.1. The van der Waals surface area contributed by atoms with Crippen molar-refractivity contribution in [1.29, 1.82) is 0 Å². The third kappa shape index (κ3) is 6.16. The molecule has 0 heterocycles. The van der Waals surface area contributed by atoms with E-state index in [1.807, 2.05) is 26.0 Å². The van der Waals surface area contributed by atoms with Crippen LogP contribution in [0.15, 0.2) is 16.6 Å². The fourth-order valence-corrected chi connectivity index (χ4v) is 2.62. The highest BCUT2D eigenvalue weighted by Gasteiger charge is 2.08. The second kappa shape index (κ2) is 8.67. The van der Waals surface area contributed by atoms with E-state index < -0.39 is 0 Å². The van der Waals surface area contributed by atoms with E-state index in [4.69, 9.17) is 4.74 Å². The molecule has 0 saturated heterocycles. The Morgan fingerprint density at radius 1 is 1.24 bits per heavy atom. The second-order valence-corrected chi connectivity index (χ2v) is 5.62. The van der Waals surface area contributed by atoms with E-state index in [0.29, 0.717) is 26.0 Å². The number of aryl methyl sites for hydroxylation is 2. The number of ether oxygens (including phenoxy) is 1. The molecule has 0 aliphatic carbocycles. The van der Waals surface area contributed by atoms with Crippen LogP contribution in [0.25, 0.3) is 0 Å². The smallest absolute Gasteiger partial charge is 0.319 e. The fourth-order valence-electron chi connectivity index (χ4n) is 1.93. The molecule has 0 atom stereocenters. The highest BCUT2D eigenvalue weighted by Crippen LogP contribution is 2.24. The maximum atomic E-state index is 11.8. The molecular weight excluding hydrogens is 336 g/mol. The van der Waals surface area contributed by atoms with E-state index in [-0.39, 0.29) is 12.0 Å². The lowest BCUT2D eigenvalue weighted by Crippen LogP contribution is -2.30. The van der Waals surface area contributed by atoms with Crippen molar-refractivity contribution in [2.75, 3.05) is 18.5 Å². The summed E-state index contributed by atoms with van der Waals surface area (Å²) < 4.78 is 5.80. The number of anilines is 1. The molecule has 6 heteroatoms. The van der Waals surface area contributed by atoms with Gasteiger partial charge in [0.05, 0.1) is 6.61 Å². The molecule has 0 radical (unpaired) electrons. The molecule has 2 amide bonds. The maximum absolute atomic E-state index is 11.8. The van der Waals surface area contributed by atoms with Crippen LogP contribution < -0.4 is 10.6 Å². The van der Waals surface area contributed by atoms with Gasteiger partial charge in [0, 0.05) is 23.1 Å². The van der Waals surface area contributed by atoms with E-state index in [9.17, 15) is 9.59 Å². The lowest BCUT2D eigenvalue weighted by molar-refractivity contribution is -0.143. The van der Waals surface area contributed by atoms with Gasteiger partial charge in [-0.3, -0.25) is 4.79 Å². The molecule has 1 aromatic rings. The van der Waals surface area contributed by atoms with Gasteiger partial charge in [-0.1, -0.05) is 15.9 Å². The molecule has 0 aliphatic heterocycles. The molecule has 2 N–H and O–H groups in total. The normalized spacial score (nSPS) is 10.1. The Kier molecular flexibility index (Phi) is 7.22. The highest BCUT2D eigenvalue weighted by molar-refractivity contribution is 9.10. The van der Waals surface area contributed by atoms with Crippen LogP contribution in [0.5, 0.6) is 0 Å². The molecule has 116 valence electrons. The molecule has 0 unspecified atom stereocenters. The minimum absolute atomic E-state index is 0.237. The average molecular weight is 357 g/mol.